The van der Waals surface area contributed by atoms with E-state index in [1.807, 2.05) is 0 Å². The molecule has 0 N–H and O–H groups in total. The van der Waals surface area contributed by atoms with Gasteiger partial charge in [0.1, 0.15) is 5.75 Å². The lowest BCUT2D eigenvalue weighted by Crippen LogP contribution is -2.36. The normalized spacial score (nSPS) is 11.9. The lowest BCUT2D eigenvalue weighted by Gasteiger charge is -2.21. The third-order valence-corrected chi connectivity index (χ3v) is 5.37. The first-order chi connectivity index (χ1) is 9.97. The van der Waals surface area contributed by atoms with E-state index in [0.29, 0.717) is 23.4 Å². The summed E-state index contributed by atoms with van der Waals surface area (Å²) in [5.41, 5.74) is 0. The molecular formula is C13H20BrNO5S. The summed E-state index contributed by atoms with van der Waals surface area (Å²) in [7, 11) is 0.986. The van der Waals surface area contributed by atoms with Crippen molar-refractivity contribution in [1.82, 2.24) is 4.31 Å². The van der Waals surface area contributed by atoms with E-state index >= 15 is 0 Å². The first kappa shape index (κ1) is 18.4. The van der Waals surface area contributed by atoms with E-state index < -0.39 is 10.0 Å². The van der Waals surface area contributed by atoms with Crippen molar-refractivity contribution in [3.05, 3.63) is 22.7 Å². The molecule has 0 bridgehead atoms. The van der Waals surface area contributed by atoms with E-state index in [2.05, 4.69) is 15.9 Å². The Morgan fingerprint density at radius 2 is 1.67 bits per heavy atom. The van der Waals surface area contributed by atoms with E-state index in [1.165, 1.54) is 37.8 Å². The molecule has 21 heavy (non-hydrogen) atoms. The second-order valence-electron chi connectivity index (χ2n) is 4.19. The van der Waals surface area contributed by atoms with Crippen LogP contribution in [-0.2, 0) is 19.5 Å². The van der Waals surface area contributed by atoms with Gasteiger partial charge in [-0.25, -0.2) is 8.42 Å². The molecule has 0 unspecified atom stereocenters. The van der Waals surface area contributed by atoms with Crippen LogP contribution in [0.2, 0.25) is 0 Å². The number of halogens is 1. The van der Waals surface area contributed by atoms with Crippen LogP contribution in [0.3, 0.4) is 0 Å². The Labute approximate surface area is 134 Å². The maximum atomic E-state index is 12.6. The Hall–Kier alpha value is -0.670. The van der Waals surface area contributed by atoms with Crippen molar-refractivity contribution in [1.29, 1.82) is 0 Å². The quantitative estimate of drug-likeness (QED) is 0.651. The van der Waals surface area contributed by atoms with Gasteiger partial charge in [0, 0.05) is 27.3 Å². The zero-order chi connectivity index (χ0) is 15.9. The Morgan fingerprint density at radius 1 is 1.10 bits per heavy atom. The van der Waals surface area contributed by atoms with Gasteiger partial charge in [-0.2, -0.15) is 4.31 Å². The second kappa shape index (κ2) is 8.70. The second-order valence-corrected chi connectivity index (χ2v) is 6.98. The minimum Gasteiger partial charge on any atom is -0.496 e. The summed E-state index contributed by atoms with van der Waals surface area (Å²) < 4.78 is 42.3. The van der Waals surface area contributed by atoms with Gasteiger partial charge in [-0.05, 0) is 34.1 Å². The Morgan fingerprint density at radius 3 is 2.10 bits per heavy atom. The molecule has 8 heteroatoms. The molecular weight excluding hydrogens is 362 g/mol. The number of methoxy groups -OCH3 is 3. The van der Waals surface area contributed by atoms with Crippen LogP contribution in [0.5, 0.6) is 5.75 Å². The molecule has 0 spiro atoms. The molecule has 120 valence electrons. The van der Waals surface area contributed by atoms with Crippen LogP contribution in [-0.4, -0.2) is 60.4 Å². The lowest BCUT2D eigenvalue weighted by atomic mass is 10.3. The van der Waals surface area contributed by atoms with Crippen molar-refractivity contribution in [2.45, 2.75) is 4.90 Å². The van der Waals surface area contributed by atoms with Gasteiger partial charge in [-0.1, -0.05) is 0 Å². The van der Waals surface area contributed by atoms with Gasteiger partial charge in [0.05, 0.1) is 29.7 Å². The van der Waals surface area contributed by atoms with Crippen LogP contribution >= 0.6 is 15.9 Å². The summed E-state index contributed by atoms with van der Waals surface area (Å²) in [6, 6.07) is 4.66. The number of hydrogen-bond donors (Lipinski definition) is 0. The van der Waals surface area contributed by atoms with Gasteiger partial charge in [0.2, 0.25) is 10.0 Å². The monoisotopic (exact) mass is 381 g/mol. The molecule has 0 radical (unpaired) electrons. The smallest absolute Gasteiger partial charge is 0.243 e. The molecule has 0 aliphatic heterocycles. The molecule has 6 nitrogen and oxygen atoms in total. The van der Waals surface area contributed by atoms with Crippen LogP contribution in [0.1, 0.15) is 0 Å². The third-order valence-electron chi connectivity index (χ3n) is 2.85. The first-order valence-electron chi connectivity index (χ1n) is 6.29. The van der Waals surface area contributed by atoms with Crippen LogP contribution in [0.4, 0.5) is 0 Å². The highest BCUT2D eigenvalue weighted by Crippen LogP contribution is 2.28. The molecule has 0 aliphatic carbocycles. The van der Waals surface area contributed by atoms with E-state index in [-0.39, 0.29) is 18.0 Å². The Kier molecular flexibility index (Phi) is 7.61. The van der Waals surface area contributed by atoms with Crippen molar-refractivity contribution in [3.63, 3.8) is 0 Å². The van der Waals surface area contributed by atoms with Gasteiger partial charge in [0.15, 0.2) is 0 Å². The van der Waals surface area contributed by atoms with Crippen LogP contribution in [0, 0.1) is 0 Å². The summed E-state index contributed by atoms with van der Waals surface area (Å²) in [6.45, 7) is 1.18. The molecule has 1 aromatic rings. The number of sulfonamides is 1. The predicted octanol–water partition coefficient (Wildman–Crippen LogP) is 1.74. The van der Waals surface area contributed by atoms with Crippen LogP contribution < -0.4 is 4.74 Å². The van der Waals surface area contributed by atoms with Crippen molar-refractivity contribution < 1.29 is 22.6 Å². The summed E-state index contributed by atoms with van der Waals surface area (Å²) in [4.78, 5) is 0.197. The number of nitrogens with zero attached hydrogens (tertiary/aromatic N) is 1. The zero-order valence-electron chi connectivity index (χ0n) is 12.3. The van der Waals surface area contributed by atoms with E-state index in [4.69, 9.17) is 14.2 Å². The summed E-state index contributed by atoms with van der Waals surface area (Å²) in [5.74, 6) is 0.578. The number of ether oxygens (including phenoxy) is 3. The Bertz CT molecular complexity index is 541. The minimum absolute atomic E-state index is 0.197. The van der Waals surface area contributed by atoms with Crippen molar-refractivity contribution in [2.75, 3.05) is 47.6 Å². The van der Waals surface area contributed by atoms with Gasteiger partial charge < -0.3 is 14.2 Å². The molecule has 0 heterocycles. The SMILES string of the molecule is COCCN(CCOC)S(=O)(=O)c1ccc(OC)c(Br)c1. The average Bonchev–Trinajstić information content (AvgIpc) is 2.47. The topological polar surface area (TPSA) is 65.1 Å². The zero-order valence-corrected chi connectivity index (χ0v) is 14.7. The highest BCUT2D eigenvalue weighted by atomic mass is 79.9. The minimum atomic E-state index is -3.61. The van der Waals surface area contributed by atoms with Gasteiger partial charge in [0.25, 0.3) is 0 Å². The first-order valence-corrected chi connectivity index (χ1v) is 8.52. The summed E-state index contributed by atoms with van der Waals surface area (Å²) in [5, 5.41) is 0. The molecule has 0 fully saturated rings. The fraction of sp³-hybridized carbons (Fsp3) is 0.538. The van der Waals surface area contributed by atoms with Gasteiger partial charge in [-0.15, -0.1) is 0 Å². The highest BCUT2D eigenvalue weighted by molar-refractivity contribution is 9.10. The maximum absolute atomic E-state index is 12.6. The highest BCUT2D eigenvalue weighted by Gasteiger charge is 2.24. The molecule has 0 amide bonds. The standard InChI is InChI=1S/C13H20BrNO5S/c1-18-8-6-15(7-9-19-2)21(16,17)11-4-5-13(20-3)12(14)10-11/h4-5,10H,6-9H2,1-3H3. The molecule has 0 saturated carbocycles. The number of benzene rings is 1. The number of rotatable bonds is 9. The lowest BCUT2D eigenvalue weighted by molar-refractivity contribution is 0.150. The molecule has 1 aromatic carbocycles. The molecule has 0 aliphatic rings. The van der Waals surface area contributed by atoms with Crippen molar-refractivity contribution in [3.8, 4) is 5.75 Å². The van der Waals surface area contributed by atoms with Crippen LogP contribution in [0.15, 0.2) is 27.6 Å². The van der Waals surface area contributed by atoms with Gasteiger partial charge in [-0.3, -0.25) is 0 Å². The van der Waals surface area contributed by atoms with E-state index in [1.54, 1.807) is 6.07 Å². The summed E-state index contributed by atoms with van der Waals surface area (Å²) >= 11 is 3.30. The predicted molar refractivity (Wildman–Crippen MR) is 83.2 cm³/mol. The Balaban J connectivity index is 3.06. The third kappa shape index (κ3) is 4.93. The fourth-order valence-corrected chi connectivity index (χ4v) is 3.82. The van der Waals surface area contributed by atoms with Crippen molar-refractivity contribution >= 4 is 26.0 Å². The van der Waals surface area contributed by atoms with Crippen LogP contribution in [0.25, 0.3) is 0 Å². The van der Waals surface area contributed by atoms with Gasteiger partial charge >= 0.3 is 0 Å². The average molecular weight is 382 g/mol. The molecule has 0 saturated heterocycles. The van der Waals surface area contributed by atoms with E-state index in [0.717, 1.165) is 0 Å². The van der Waals surface area contributed by atoms with E-state index in [9.17, 15) is 8.42 Å². The molecule has 0 aromatic heterocycles. The fourth-order valence-electron chi connectivity index (χ4n) is 1.70. The van der Waals surface area contributed by atoms with Crippen molar-refractivity contribution in [2.24, 2.45) is 0 Å². The maximum Gasteiger partial charge on any atom is 0.243 e. The molecule has 1 rings (SSSR count). The number of hydrogen-bond acceptors (Lipinski definition) is 5. The molecule has 0 atom stereocenters. The largest absolute Gasteiger partial charge is 0.496 e. The summed E-state index contributed by atoms with van der Waals surface area (Å²) in [6.07, 6.45) is 0.